The van der Waals surface area contributed by atoms with E-state index in [4.69, 9.17) is 4.74 Å². The summed E-state index contributed by atoms with van der Waals surface area (Å²) in [6.45, 7) is 1.34. The minimum atomic E-state index is -0.465. The quantitative estimate of drug-likeness (QED) is 0.355. The molecule has 0 fully saturated rings. The summed E-state index contributed by atoms with van der Waals surface area (Å²) in [5.41, 5.74) is 3.27. The molecule has 0 aliphatic rings. The van der Waals surface area contributed by atoms with Crippen LogP contribution in [-0.4, -0.2) is 30.7 Å². The maximum Gasteiger partial charge on any atom is 0.221 e. The number of carbonyl (C=O) groups is 1. The maximum atomic E-state index is 14.9. The third-order valence-electron chi connectivity index (χ3n) is 5.76. The van der Waals surface area contributed by atoms with E-state index < -0.39 is 5.92 Å². The average Bonchev–Trinajstić information content (AvgIpc) is 3.18. The van der Waals surface area contributed by atoms with Crippen LogP contribution in [0.25, 0.3) is 10.9 Å². The largest absolute Gasteiger partial charge is 0.383 e. The molecule has 0 radical (unpaired) electrons. The monoisotopic (exact) mass is 448 g/mol. The van der Waals surface area contributed by atoms with Gasteiger partial charge in [0.1, 0.15) is 11.6 Å². The number of rotatable bonds is 9. The minimum Gasteiger partial charge on any atom is -0.383 e. The van der Waals surface area contributed by atoms with Crippen molar-refractivity contribution in [1.82, 2.24) is 9.88 Å². The Kier molecular flexibility index (Phi) is 7.15. The molecule has 1 atom stereocenters. The number of aromatic nitrogens is 1. The van der Waals surface area contributed by atoms with Gasteiger partial charge in [0.2, 0.25) is 5.91 Å². The third kappa shape index (κ3) is 5.29. The fourth-order valence-electron chi connectivity index (χ4n) is 4.17. The molecule has 3 aromatic carbocycles. The summed E-state index contributed by atoms with van der Waals surface area (Å²) in [5, 5.41) is 3.80. The summed E-state index contributed by atoms with van der Waals surface area (Å²) in [5.74, 6) is -1.26. The highest BCUT2D eigenvalue weighted by Gasteiger charge is 2.25. The van der Waals surface area contributed by atoms with Crippen LogP contribution in [0.3, 0.4) is 0 Å². The summed E-state index contributed by atoms with van der Waals surface area (Å²) in [6.07, 6.45) is 2.09. The molecular formula is C27H26F2N2O2. The van der Waals surface area contributed by atoms with Gasteiger partial charge in [-0.2, -0.15) is 0 Å². The second-order valence-electron chi connectivity index (χ2n) is 7.98. The van der Waals surface area contributed by atoms with E-state index in [2.05, 4.69) is 9.88 Å². The van der Waals surface area contributed by atoms with Crippen molar-refractivity contribution < 1.29 is 18.3 Å². The number of nitrogens with zero attached hydrogens (tertiary/aromatic N) is 1. The SMILES string of the molecule is COCCNC(=O)CC(c1ccccc1F)c1cn(Cc2ccc(F)cc2)c2ccccc12. The van der Waals surface area contributed by atoms with Crippen molar-refractivity contribution in [1.29, 1.82) is 0 Å². The smallest absolute Gasteiger partial charge is 0.221 e. The van der Waals surface area contributed by atoms with Gasteiger partial charge in [-0.05, 0) is 41.0 Å². The number of nitrogens with one attached hydrogen (secondary N) is 1. The first kappa shape index (κ1) is 22.7. The summed E-state index contributed by atoms with van der Waals surface area (Å²) < 4.78 is 35.3. The Morgan fingerprint density at radius 2 is 1.70 bits per heavy atom. The van der Waals surface area contributed by atoms with Crippen LogP contribution < -0.4 is 5.32 Å². The molecule has 4 aromatic rings. The lowest BCUT2D eigenvalue weighted by Crippen LogP contribution is -2.28. The molecule has 0 spiro atoms. The number of ether oxygens (including phenoxy) is 1. The van der Waals surface area contributed by atoms with E-state index in [1.807, 2.05) is 30.5 Å². The molecule has 1 heterocycles. The van der Waals surface area contributed by atoms with Crippen LogP contribution in [0.4, 0.5) is 8.78 Å². The van der Waals surface area contributed by atoms with Gasteiger partial charge >= 0.3 is 0 Å². The van der Waals surface area contributed by atoms with Crippen LogP contribution in [0.15, 0.2) is 79.0 Å². The molecule has 0 bridgehead atoms. The number of methoxy groups -OCH3 is 1. The number of hydrogen-bond acceptors (Lipinski definition) is 2. The van der Waals surface area contributed by atoms with Crippen molar-refractivity contribution in [2.24, 2.45) is 0 Å². The minimum absolute atomic E-state index is 0.106. The van der Waals surface area contributed by atoms with E-state index in [0.717, 1.165) is 22.0 Å². The summed E-state index contributed by atoms with van der Waals surface area (Å²) in [7, 11) is 1.57. The van der Waals surface area contributed by atoms with Crippen molar-refractivity contribution >= 4 is 16.8 Å². The van der Waals surface area contributed by atoms with E-state index >= 15 is 0 Å². The lowest BCUT2D eigenvalue weighted by molar-refractivity contribution is -0.121. The molecule has 33 heavy (non-hydrogen) atoms. The highest BCUT2D eigenvalue weighted by atomic mass is 19.1. The van der Waals surface area contributed by atoms with Crippen LogP contribution in [0.1, 0.15) is 29.0 Å². The van der Waals surface area contributed by atoms with Crippen molar-refractivity contribution in [3.63, 3.8) is 0 Å². The Balaban J connectivity index is 1.75. The maximum absolute atomic E-state index is 14.9. The average molecular weight is 449 g/mol. The van der Waals surface area contributed by atoms with Gasteiger partial charge < -0.3 is 14.6 Å². The van der Waals surface area contributed by atoms with Crippen LogP contribution >= 0.6 is 0 Å². The number of para-hydroxylation sites is 1. The molecule has 0 aliphatic heterocycles. The molecule has 1 unspecified atom stereocenters. The van der Waals surface area contributed by atoms with Gasteiger partial charge in [0.05, 0.1) is 6.61 Å². The standard InChI is InChI=1S/C27H26F2N2O2/c1-33-15-14-30-27(32)16-23(21-6-2-4-8-25(21)29)24-18-31(26-9-5-3-7-22(24)26)17-19-10-12-20(28)13-11-19/h2-13,18,23H,14-17H2,1H3,(H,30,32). The fourth-order valence-corrected chi connectivity index (χ4v) is 4.17. The van der Waals surface area contributed by atoms with Crippen LogP contribution in [0.5, 0.6) is 0 Å². The molecule has 1 amide bonds. The van der Waals surface area contributed by atoms with Crippen LogP contribution in [0, 0.1) is 11.6 Å². The lowest BCUT2D eigenvalue weighted by Gasteiger charge is -2.18. The fraction of sp³-hybridized carbons (Fsp3) is 0.222. The molecule has 4 nitrogen and oxygen atoms in total. The topological polar surface area (TPSA) is 43.3 Å². The molecule has 0 saturated heterocycles. The predicted octanol–water partition coefficient (Wildman–Crippen LogP) is 5.25. The van der Waals surface area contributed by atoms with Crippen molar-refractivity contribution in [2.45, 2.75) is 18.9 Å². The molecular weight excluding hydrogens is 422 g/mol. The Labute approximate surface area is 191 Å². The number of amides is 1. The van der Waals surface area contributed by atoms with Gasteiger partial charge in [-0.1, -0.05) is 48.5 Å². The van der Waals surface area contributed by atoms with E-state index in [-0.39, 0.29) is 24.0 Å². The van der Waals surface area contributed by atoms with Crippen molar-refractivity contribution in [3.8, 4) is 0 Å². The van der Waals surface area contributed by atoms with Crippen molar-refractivity contribution in [2.75, 3.05) is 20.3 Å². The number of benzene rings is 3. The number of hydrogen-bond donors (Lipinski definition) is 1. The zero-order chi connectivity index (χ0) is 23.2. The van der Waals surface area contributed by atoms with Gasteiger partial charge in [0.15, 0.2) is 0 Å². The highest BCUT2D eigenvalue weighted by Crippen LogP contribution is 2.36. The zero-order valence-corrected chi connectivity index (χ0v) is 18.4. The normalized spacial score (nSPS) is 12.1. The summed E-state index contributed by atoms with van der Waals surface area (Å²) >= 11 is 0. The first-order chi connectivity index (χ1) is 16.1. The zero-order valence-electron chi connectivity index (χ0n) is 18.4. The molecule has 6 heteroatoms. The molecule has 1 aromatic heterocycles. The molecule has 1 N–H and O–H groups in total. The second kappa shape index (κ2) is 10.4. The first-order valence-electron chi connectivity index (χ1n) is 10.9. The van der Waals surface area contributed by atoms with E-state index in [1.54, 1.807) is 37.4 Å². The summed E-state index contributed by atoms with van der Waals surface area (Å²) in [6, 6.07) is 20.8. The second-order valence-corrected chi connectivity index (χ2v) is 7.98. The van der Waals surface area contributed by atoms with Gasteiger partial charge in [-0.25, -0.2) is 8.78 Å². The predicted molar refractivity (Wildman–Crippen MR) is 125 cm³/mol. The Hall–Kier alpha value is -3.51. The summed E-state index contributed by atoms with van der Waals surface area (Å²) in [4.78, 5) is 12.7. The lowest BCUT2D eigenvalue weighted by atomic mass is 9.87. The van der Waals surface area contributed by atoms with Gasteiger partial charge in [-0.3, -0.25) is 4.79 Å². The van der Waals surface area contributed by atoms with Crippen LogP contribution in [-0.2, 0) is 16.1 Å². The molecule has 170 valence electrons. The highest BCUT2D eigenvalue weighted by molar-refractivity contribution is 5.86. The van der Waals surface area contributed by atoms with E-state index in [9.17, 15) is 13.6 Å². The van der Waals surface area contributed by atoms with Gasteiger partial charge in [0, 0.05) is 49.6 Å². The Morgan fingerprint density at radius 3 is 2.45 bits per heavy atom. The number of carbonyl (C=O) groups excluding carboxylic acids is 1. The van der Waals surface area contributed by atoms with E-state index in [1.165, 1.54) is 18.2 Å². The van der Waals surface area contributed by atoms with Gasteiger partial charge in [0.25, 0.3) is 0 Å². The Morgan fingerprint density at radius 1 is 0.970 bits per heavy atom. The third-order valence-corrected chi connectivity index (χ3v) is 5.76. The molecule has 0 aliphatic carbocycles. The van der Waals surface area contributed by atoms with E-state index in [0.29, 0.717) is 25.3 Å². The Bertz CT molecular complexity index is 1230. The van der Waals surface area contributed by atoms with Crippen molar-refractivity contribution in [3.05, 3.63) is 107 Å². The van der Waals surface area contributed by atoms with Gasteiger partial charge in [-0.15, -0.1) is 0 Å². The number of fused-ring (bicyclic) bond motifs is 1. The molecule has 4 rings (SSSR count). The molecule has 0 saturated carbocycles. The number of halogens is 2. The van der Waals surface area contributed by atoms with Crippen LogP contribution in [0.2, 0.25) is 0 Å². The first-order valence-corrected chi connectivity index (χ1v) is 10.9.